The number of H-pyrrole nitrogens is 1. The zero-order chi connectivity index (χ0) is 19.0. The van der Waals surface area contributed by atoms with Gasteiger partial charge in [0.25, 0.3) is 11.2 Å². The molecule has 1 N–H and O–H groups in total. The van der Waals surface area contributed by atoms with Gasteiger partial charge in [0, 0.05) is 46.9 Å². The smallest absolute Gasteiger partial charge is 0.271 e. The number of hydrogen-bond donors (Lipinski definition) is 1. The van der Waals surface area contributed by atoms with Gasteiger partial charge in [-0.15, -0.1) is 0 Å². The van der Waals surface area contributed by atoms with Crippen LogP contribution in [0.25, 0.3) is 32.9 Å². The molecule has 4 rings (SSSR count). The molecule has 0 aliphatic heterocycles. The number of rotatable bonds is 5. The number of nitro groups is 1. The first kappa shape index (κ1) is 17.0. The largest absolute Gasteiger partial charge is 0.347 e. The van der Waals surface area contributed by atoms with E-state index in [4.69, 9.17) is 0 Å². The number of aromatic amines is 1. The van der Waals surface area contributed by atoms with Gasteiger partial charge in [0.15, 0.2) is 0 Å². The van der Waals surface area contributed by atoms with Crippen LogP contribution in [-0.2, 0) is 6.54 Å². The van der Waals surface area contributed by atoms with E-state index in [1.807, 2.05) is 30.5 Å². The normalized spacial score (nSPS) is 11.3. The lowest BCUT2D eigenvalue weighted by Crippen LogP contribution is -2.08. The third-order valence-electron chi connectivity index (χ3n) is 4.87. The Labute approximate surface area is 155 Å². The summed E-state index contributed by atoms with van der Waals surface area (Å²) in [4.78, 5) is 26.0. The van der Waals surface area contributed by atoms with Gasteiger partial charge in [-0.3, -0.25) is 14.9 Å². The van der Waals surface area contributed by atoms with Crippen LogP contribution in [0.15, 0.2) is 59.5 Å². The van der Waals surface area contributed by atoms with E-state index in [1.165, 1.54) is 12.1 Å². The maximum Gasteiger partial charge on any atom is 0.271 e. The number of nitro benzene ring substituents is 1. The van der Waals surface area contributed by atoms with Crippen molar-refractivity contribution in [3.8, 4) is 11.1 Å². The number of nitrogens with one attached hydrogen (secondary N) is 1. The number of aromatic nitrogens is 2. The van der Waals surface area contributed by atoms with Crippen LogP contribution in [0.2, 0.25) is 0 Å². The Kier molecular flexibility index (Phi) is 4.24. The molecule has 0 fully saturated rings. The fourth-order valence-electron chi connectivity index (χ4n) is 3.48. The average molecular weight is 361 g/mol. The van der Waals surface area contributed by atoms with Crippen molar-refractivity contribution in [3.63, 3.8) is 0 Å². The second-order valence-corrected chi connectivity index (χ2v) is 6.65. The maximum absolute atomic E-state index is 12.7. The summed E-state index contributed by atoms with van der Waals surface area (Å²) >= 11 is 0. The Morgan fingerprint density at radius 3 is 2.70 bits per heavy atom. The van der Waals surface area contributed by atoms with Crippen LogP contribution in [0.5, 0.6) is 0 Å². The number of unbranched alkanes of at least 4 members (excludes halogenated alkanes) is 1. The number of hydrogen-bond acceptors (Lipinski definition) is 3. The molecule has 4 aromatic rings. The van der Waals surface area contributed by atoms with Crippen LogP contribution in [0.3, 0.4) is 0 Å². The average Bonchev–Trinajstić information content (AvgIpc) is 3.04. The summed E-state index contributed by atoms with van der Waals surface area (Å²) in [6, 6.07) is 14.4. The molecule has 6 heteroatoms. The second-order valence-electron chi connectivity index (χ2n) is 6.65. The van der Waals surface area contributed by atoms with Crippen LogP contribution in [0, 0.1) is 10.1 Å². The second kappa shape index (κ2) is 6.72. The maximum atomic E-state index is 12.7. The summed E-state index contributed by atoms with van der Waals surface area (Å²) < 4.78 is 2.19. The van der Waals surface area contributed by atoms with E-state index in [-0.39, 0.29) is 11.2 Å². The molecule has 0 saturated carbocycles. The highest BCUT2D eigenvalue weighted by atomic mass is 16.6. The lowest BCUT2D eigenvalue weighted by Gasteiger charge is -2.03. The Morgan fingerprint density at radius 2 is 1.93 bits per heavy atom. The molecule has 2 aromatic heterocycles. The SMILES string of the molecule is CCCCn1cc(-c2cc3ccc([N+](=O)[O-])cc3[nH]c2=O)c2ccccc21. The summed E-state index contributed by atoms with van der Waals surface area (Å²) in [6.07, 6.45) is 4.19. The number of fused-ring (bicyclic) bond motifs is 2. The molecule has 0 aliphatic carbocycles. The van der Waals surface area contributed by atoms with E-state index in [1.54, 1.807) is 6.07 Å². The number of non-ortho nitro benzene ring substituents is 1. The molecule has 0 radical (unpaired) electrons. The van der Waals surface area contributed by atoms with Crippen molar-refractivity contribution in [2.75, 3.05) is 0 Å². The van der Waals surface area contributed by atoms with Gasteiger partial charge >= 0.3 is 0 Å². The molecule has 6 nitrogen and oxygen atoms in total. The van der Waals surface area contributed by atoms with E-state index in [0.717, 1.165) is 41.2 Å². The molecule has 0 atom stereocenters. The Bertz CT molecular complexity index is 1220. The quantitative estimate of drug-likeness (QED) is 0.407. The highest BCUT2D eigenvalue weighted by molar-refractivity contribution is 5.97. The fourth-order valence-corrected chi connectivity index (χ4v) is 3.48. The molecule has 2 heterocycles. The van der Waals surface area contributed by atoms with Crippen LogP contribution in [0.1, 0.15) is 19.8 Å². The van der Waals surface area contributed by atoms with E-state index in [9.17, 15) is 14.9 Å². The van der Waals surface area contributed by atoms with Gasteiger partial charge in [-0.05, 0) is 30.0 Å². The molecular formula is C21H19N3O3. The van der Waals surface area contributed by atoms with Crippen molar-refractivity contribution in [2.45, 2.75) is 26.3 Å². The molecular weight excluding hydrogens is 342 g/mol. The first-order chi connectivity index (χ1) is 13.1. The first-order valence-corrected chi connectivity index (χ1v) is 8.98. The van der Waals surface area contributed by atoms with Gasteiger partial charge in [0.05, 0.1) is 10.4 Å². The first-order valence-electron chi connectivity index (χ1n) is 8.98. The van der Waals surface area contributed by atoms with Gasteiger partial charge in [-0.1, -0.05) is 31.5 Å². The number of nitrogens with zero attached hydrogens (tertiary/aromatic N) is 2. The van der Waals surface area contributed by atoms with Crippen molar-refractivity contribution in [2.24, 2.45) is 0 Å². The van der Waals surface area contributed by atoms with Gasteiger partial charge in [-0.2, -0.15) is 0 Å². The van der Waals surface area contributed by atoms with Crippen LogP contribution >= 0.6 is 0 Å². The van der Waals surface area contributed by atoms with E-state index in [0.29, 0.717) is 11.1 Å². The van der Waals surface area contributed by atoms with Crippen molar-refractivity contribution in [1.29, 1.82) is 0 Å². The number of pyridine rings is 1. The lowest BCUT2D eigenvalue weighted by atomic mass is 10.0. The Balaban J connectivity index is 1.92. The van der Waals surface area contributed by atoms with Crippen LogP contribution in [0.4, 0.5) is 5.69 Å². The number of para-hydroxylation sites is 1. The minimum Gasteiger partial charge on any atom is -0.347 e. The van der Waals surface area contributed by atoms with E-state index < -0.39 is 4.92 Å². The zero-order valence-corrected chi connectivity index (χ0v) is 14.9. The molecule has 0 bridgehead atoms. The van der Waals surface area contributed by atoms with Crippen molar-refractivity contribution < 1.29 is 4.92 Å². The summed E-state index contributed by atoms with van der Waals surface area (Å²) in [6.45, 7) is 3.05. The summed E-state index contributed by atoms with van der Waals surface area (Å²) in [5.41, 5.74) is 2.73. The van der Waals surface area contributed by atoms with Gasteiger partial charge < -0.3 is 9.55 Å². The van der Waals surface area contributed by atoms with E-state index in [2.05, 4.69) is 22.5 Å². The molecule has 27 heavy (non-hydrogen) atoms. The molecule has 2 aromatic carbocycles. The summed E-state index contributed by atoms with van der Waals surface area (Å²) in [5.74, 6) is 0. The topological polar surface area (TPSA) is 80.9 Å². The van der Waals surface area contributed by atoms with Crippen LogP contribution in [-0.4, -0.2) is 14.5 Å². The van der Waals surface area contributed by atoms with Gasteiger partial charge in [0.2, 0.25) is 0 Å². The summed E-state index contributed by atoms with van der Waals surface area (Å²) in [7, 11) is 0. The number of benzene rings is 2. The Hall–Kier alpha value is -3.41. The summed E-state index contributed by atoms with van der Waals surface area (Å²) in [5, 5.41) is 12.8. The molecule has 0 unspecified atom stereocenters. The molecule has 136 valence electrons. The fraction of sp³-hybridized carbons (Fsp3) is 0.190. The molecule has 0 aliphatic rings. The monoisotopic (exact) mass is 361 g/mol. The van der Waals surface area contributed by atoms with Gasteiger partial charge in [-0.25, -0.2) is 0 Å². The minimum atomic E-state index is -0.465. The Morgan fingerprint density at radius 1 is 1.11 bits per heavy atom. The molecule has 0 amide bonds. The highest BCUT2D eigenvalue weighted by Gasteiger charge is 2.15. The van der Waals surface area contributed by atoms with Crippen molar-refractivity contribution in [1.82, 2.24) is 9.55 Å². The standard InChI is InChI=1S/C21H19N3O3/c1-2-3-10-23-13-18(16-6-4-5-7-20(16)23)17-11-14-8-9-15(24(26)27)12-19(14)22-21(17)25/h4-9,11-13H,2-3,10H2,1H3,(H,22,25). The van der Waals surface area contributed by atoms with E-state index >= 15 is 0 Å². The number of aryl methyl sites for hydroxylation is 1. The van der Waals surface area contributed by atoms with Crippen molar-refractivity contribution in [3.05, 3.63) is 75.2 Å². The van der Waals surface area contributed by atoms with Crippen LogP contribution < -0.4 is 5.56 Å². The minimum absolute atomic E-state index is 0.0398. The molecule has 0 saturated heterocycles. The lowest BCUT2D eigenvalue weighted by molar-refractivity contribution is -0.384. The zero-order valence-electron chi connectivity index (χ0n) is 14.9. The third kappa shape index (κ3) is 2.99. The third-order valence-corrected chi connectivity index (χ3v) is 4.87. The predicted molar refractivity (Wildman–Crippen MR) is 107 cm³/mol. The highest BCUT2D eigenvalue weighted by Crippen LogP contribution is 2.30. The van der Waals surface area contributed by atoms with Crippen molar-refractivity contribution >= 4 is 27.5 Å². The van der Waals surface area contributed by atoms with Gasteiger partial charge in [0.1, 0.15) is 0 Å². The predicted octanol–water partition coefficient (Wildman–Crippen LogP) is 4.86. The molecule has 0 spiro atoms.